The number of benzene rings is 1. The molecule has 1 aliphatic heterocycles. The first-order valence-electron chi connectivity index (χ1n) is 7.90. The second kappa shape index (κ2) is 8.24. The Hall–Kier alpha value is -1.95. The molecule has 0 unspecified atom stereocenters. The van der Waals surface area contributed by atoms with E-state index in [0.717, 1.165) is 18.4 Å². The van der Waals surface area contributed by atoms with Gasteiger partial charge in [-0.25, -0.2) is 4.79 Å². The van der Waals surface area contributed by atoms with Gasteiger partial charge < -0.3 is 14.4 Å². The lowest BCUT2D eigenvalue weighted by atomic mass is 10.0. The van der Waals surface area contributed by atoms with Crippen LogP contribution in [0.2, 0.25) is 5.02 Å². The minimum absolute atomic E-state index is 0.109. The minimum Gasteiger partial charge on any atom is -0.496 e. The second-order valence-corrected chi connectivity index (χ2v) is 6.26. The van der Waals surface area contributed by atoms with Crippen molar-refractivity contribution < 1.29 is 19.1 Å². The summed E-state index contributed by atoms with van der Waals surface area (Å²) in [6.07, 6.45) is 1.98. The third-order valence-electron chi connectivity index (χ3n) is 4.22. The molecule has 1 saturated heterocycles. The van der Waals surface area contributed by atoms with Crippen molar-refractivity contribution in [1.82, 2.24) is 9.80 Å². The van der Waals surface area contributed by atoms with E-state index < -0.39 is 12.1 Å². The summed E-state index contributed by atoms with van der Waals surface area (Å²) in [5.74, 6) is 0.564. The molecule has 0 N–H and O–H groups in total. The number of hydrogen-bond acceptors (Lipinski definition) is 4. The van der Waals surface area contributed by atoms with Crippen LogP contribution in [-0.2, 0) is 16.1 Å². The maximum Gasteiger partial charge on any atom is 0.410 e. The molecule has 2 rings (SSSR count). The van der Waals surface area contributed by atoms with E-state index in [1.165, 1.54) is 12.0 Å². The van der Waals surface area contributed by atoms with Gasteiger partial charge in [0, 0.05) is 30.7 Å². The third-order valence-corrected chi connectivity index (χ3v) is 4.46. The highest BCUT2D eigenvalue weighted by Crippen LogP contribution is 2.25. The topological polar surface area (TPSA) is 59.1 Å². The van der Waals surface area contributed by atoms with E-state index in [-0.39, 0.29) is 5.91 Å². The van der Waals surface area contributed by atoms with E-state index in [1.54, 1.807) is 37.3 Å². The van der Waals surface area contributed by atoms with E-state index in [4.69, 9.17) is 21.1 Å². The SMILES string of the molecule is COC(=O)N1CCCC[C@H]1C(=O)N(C)Cc1cc(Cl)ccc1OC. The number of ether oxygens (including phenoxy) is 2. The summed E-state index contributed by atoms with van der Waals surface area (Å²) in [5.41, 5.74) is 0.821. The molecule has 132 valence electrons. The summed E-state index contributed by atoms with van der Waals surface area (Å²) in [6, 6.07) is 4.81. The van der Waals surface area contributed by atoms with Crippen molar-refractivity contribution in [2.75, 3.05) is 27.8 Å². The van der Waals surface area contributed by atoms with E-state index in [2.05, 4.69) is 0 Å². The Bertz CT molecular complexity index is 608. The van der Waals surface area contributed by atoms with Crippen molar-refractivity contribution in [2.45, 2.75) is 31.8 Å². The molecule has 6 nitrogen and oxygen atoms in total. The first-order valence-corrected chi connectivity index (χ1v) is 8.27. The molecule has 1 aromatic carbocycles. The zero-order valence-electron chi connectivity index (χ0n) is 14.3. The van der Waals surface area contributed by atoms with Gasteiger partial charge in [0.1, 0.15) is 11.8 Å². The Kier molecular flexibility index (Phi) is 6.31. The number of carbonyl (C=O) groups excluding carboxylic acids is 2. The van der Waals surface area contributed by atoms with Crippen LogP contribution in [0.3, 0.4) is 0 Å². The molecule has 0 radical (unpaired) electrons. The van der Waals surface area contributed by atoms with Gasteiger partial charge in [0.15, 0.2) is 0 Å². The number of rotatable bonds is 4. The van der Waals surface area contributed by atoms with Crippen molar-refractivity contribution in [1.29, 1.82) is 0 Å². The molecule has 1 atom stereocenters. The summed E-state index contributed by atoms with van der Waals surface area (Å²) in [6.45, 7) is 0.894. The van der Waals surface area contributed by atoms with Gasteiger partial charge in [-0.15, -0.1) is 0 Å². The summed E-state index contributed by atoms with van der Waals surface area (Å²) >= 11 is 6.04. The van der Waals surface area contributed by atoms with E-state index in [1.807, 2.05) is 0 Å². The lowest BCUT2D eigenvalue weighted by Gasteiger charge is -2.35. The molecule has 0 spiro atoms. The van der Waals surface area contributed by atoms with Gasteiger partial charge in [-0.3, -0.25) is 9.69 Å². The van der Waals surface area contributed by atoms with Crippen molar-refractivity contribution in [3.05, 3.63) is 28.8 Å². The maximum absolute atomic E-state index is 12.8. The smallest absolute Gasteiger partial charge is 0.410 e. The highest BCUT2D eigenvalue weighted by molar-refractivity contribution is 6.30. The maximum atomic E-state index is 12.8. The first-order chi connectivity index (χ1) is 11.5. The van der Waals surface area contributed by atoms with Gasteiger partial charge >= 0.3 is 6.09 Å². The number of likely N-dealkylation sites (tertiary alicyclic amines) is 1. The number of carbonyl (C=O) groups is 2. The van der Waals surface area contributed by atoms with Gasteiger partial charge in [-0.2, -0.15) is 0 Å². The van der Waals surface area contributed by atoms with Crippen LogP contribution < -0.4 is 4.74 Å². The van der Waals surface area contributed by atoms with Crippen LogP contribution in [0.4, 0.5) is 4.79 Å². The predicted octanol–water partition coefficient (Wildman–Crippen LogP) is 2.93. The Morgan fingerprint density at radius 3 is 2.75 bits per heavy atom. The van der Waals surface area contributed by atoms with Crippen molar-refractivity contribution in [2.24, 2.45) is 0 Å². The standard InChI is InChI=1S/C17H23ClN2O4/c1-19(11-12-10-13(18)7-8-15(12)23-2)16(21)14-6-4-5-9-20(14)17(22)24-3/h7-8,10,14H,4-6,9,11H2,1-3H3/t14-/m0/s1. The fourth-order valence-corrected chi connectivity index (χ4v) is 3.18. The number of amides is 2. The zero-order chi connectivity index (χ0) is 17.7. The molecular formula is C17H23ClN2O4. The molecule has 1 heterocycles. The van der Waals surface area contributed by atoms with E-state index in [9.17, 15) is 9.59 Å². The van der Waals surface area contributed by atoms with Gasteiger partial charge in [-0.1, -0.05) is 11.6 Å². The number of halogens is 1. The van der Waals surface area contributed by atoms with Crippen molar-refractivity contribution in [3.8, 4) is 5.75 Å². The van der Waals surface area contributed by atoms with Gasteiger partial charge in [0.25, 0.3) is 0 Å². The van der Waals surface area contributed by atoms with Crippen molar-refractivity contribution >= 4 is 23.6 Å². The second-order valence-electron chi connectivity index (χ2n) is 5.83. The van der Waals surface area contributed by atoms with Crippen LogP contribution in [0.5, 0.6) is 5.75 Å². The predicted molar refractivity (Wildman–Crippen MR) is 91.2 cm³/mol. The number of piperidine rings is 1. The molecule has 0 aliphatic carbocycles. The average Bonchev–Trinajstić information content (AvgIpc) is 2.60. The summed E-state index contributed by atoms with van der Waals surface area (Å²) in [4.78, 5) is 27.8. The van der Waals surface area contributed by atoms with Crippen LogP contribution in [-0.4, -0.2) is 55.7 Å². The quantitative estimate of drug-likeness (QED) is 0.834. The number of hydrogen-bond donors (Lipinski definition) is 0. The monoisotopic (exact) mass is 354 g/mol. The van der Waals surface area contributed by atoms with Crippen LogP contribution in [0.15, 0.2) is 18.2 Å². The highest BCUT2D eigenvalue weighted by Gasteiger charge is 2.34. The zero-order valence-corrected chi connectivity index (χ0v) is 15.0. The Morgan fingerprint density at radius 1 is 1.33 bits per heavy atom. The molecular weight excluding hydrogens is 332 g/mol. The van der Waals surface area contributed by atoms with Gasteiger partial charge in [0.2, 0.25) is 5.91 Å². The number of methoxy groups -OCH3 is 2. The Morgan fingerprint density at radius 2 is 2.08 bits per heavy atom. The van der Waals surface area contributed by atoms with Gasteiger partial charge in [-0.05, 0) is 37.5 Å². The Labute approximate surface area is 147 Å². The van der Waals surface area contributed by atoms with E-state index >= 15 is 0 Å². The summed E-state index contributed by atoms with van der Waals surface area (Å²) in [7, 11) is 4.63. The minimum atomic E-state index is -0.485. The molecule has 1 aromatic rings. The molecule has 1 fully saturated rings. The molecule has 7 heteroatoms. The third kappa shape index (κ3) is 4.12. The molecule has 1 aliphatic rings. The van der Waals surface area contributed by atoms with Crippen LogP contribution in [0, 0.1) is 0 Å². The first kappa shape index (κ1) is 18.4. The molecule has 0 saturated carbocycles. The largest absolute Gasteiger partial charge is 0.496 e. The highest BCUT2D eigenvalue weighted by atomic mass is 35.5. The van der Waals surface area contributed by atoms with Gasteiger partial charge in [0.05, 0.1) is 14.2 Å². The normalized spacial score (nSPS) is 17.3. The molecule has 2 amide bonds. The molecule has 0 bridgehead atoms. The lowest BCUT2D eigenvalue weighted by molar-refractivity contribution is -0.136. The van der Waals surface area contributed by atoms with Crippen LogP contribution >= 0.6 is 11.6 Å². The fourth-order valence-electron chi connectivity index (χ4n) is 2.98. The number of likely N-dealkylation sites (N-methyl/N-ethyl adjacent to an activating group) is 1. The average molecular weight is 355 g/mol. The summed E-state index contributed by atoms with van der Waals surface area (Å²) < 4.78 is 10.1. The Balaban J connectivity index is 2.13. The van der Waals surface area contributed by atoms with Crippen molar-refractivity contribution in [3.63, 3.8) is 0 Å². The van der Waals surface area contributed by atoms with Crippen LogP contribution in [0.1, 0.15) is 24.8 Å². The number of nitrogens with zero attached hydrogens (tertiary/aromatic N) is 2. The summed E-state index contributed by atoms with van der Waals surface area (Å²) in [5, 5.41) is 0.584. The molecule has 0 aromatic heterocycles. The lowest BCUT2D eigenvalue weighted by Crippen LogP contribution is -2.52. The van der Waals surface area contributed by atoms with E-state index in [0.29, 0.717) is 30.3 Å². The fraction of sp³-hybridized carbons (Fsp3) is 0.529. The molecule has 24 heavy (non-hydrogen) atoms. The van der Waals surface area contributed by atoms with Crippen LogP contribution in [0.25, 0.3) is 0 Å².